The summed E-state index contributed by atoms with van der Waals surface area (Å²) in [6.07, 6.45) is 0. The Hall–Kier alpha value is -4.88. The molecule has 0 atom stereocenters. The van der Waals surface area contributed by atoms with Gasteiger partial charge in [-0.2, -0.15) is 0 Å². The summed E-state index contributed by atoms with van der Waals surface area (Å²) in [4.78, 5) is 0. The van der Waals surface area contributed by atoms with Gasteiger partial charge in [0.2, 0.25) is 0 Å². The van der Waals surface area contributed by atoms with Crippen molar-refractivity contribution >= 4 is 11.4 Å². The Labute approximate surface area is 223 Å². The minimum Gasteiger partial charge on any atom is -0.356 e. The van der Waals surface area contributed by atoms with Crippen LogP contribution in [0.3, 0.4) is 0 Å². The lowest BCUT2D eigenvalue weighted by molar-refractivity contribution is 0.794. The highest BCUT2D eigenvalue weighted by Crippen LogP contribution is 2.62. The second-order valence-electron chi connectivity index (χ2n) is 10.2. The highest BCUT2D eigenvalue weighted by atomic mass is 14.9. The van der Waals surface area contributed by atoms with Crippen LogP contribution in [-0.2, 0) is 5.41 Å². The topological polar surface area (TPSA) is 12.0 Å². The zero-order valence-corrected chi connectivity index (χ0v) is 20.9. The minimum atomic E-state index is -0.283. The van der Waals surface area contributed by atoms with Crippen LogP contribution in [0.2, 0.25) is 0 Å². The van der Waals surface area contributed by atoms with E-state index in [0.29, 0.717) is 0 Å². The van der Waals surface area contributed by atoms with Gasteiger partial charge in [-0.15, -0.1) is 0 Å². The fourth-order valence-corrected chi connectivity index (χ4v) is 6.72. The van der Waals surface area contributed by atoms with Crippen molar-refractivity contribution in [3.8, 4) is 33.4 Å². The van der Waals surface area contributed by atoms with Gasteiger partial charge in [-0.3, -0.25) is 0 Å². The van der Waals surface area contributed by atoms with E-state index in [2.05, 4.69) is 151 Å². The van der Waals surface area contributed by atoms with Gasteiger partial charge in [0.05, 0.1) is 5.41 Å². The third kappa shape index (κ3) is 2.87. The monoisotopic (exact) mass is 483 g/mol. The first kappa shape index (κ1) is 21.2. The SMILES string of the molecule is c1ccc(-c2ccc(Nc3ccc4c(c3)-c3ccccc3C43c4ccccc4-c4ccccc43)cc2)cc1. The molecule has 0 radical (unpaired) electrons. The molecular formula is C37H25N. The van der Waals surface area contributed by atoms with E-state index in [-0.39, 0.29) is 5.41 Å². The second-order valence-corrected chi connectivity index (χ2v) is 10.2. The average molecular weight is 484 g/mol. The standard InChI is InChI=1S/C37H25N/c1-2-10-25(11-3-1)26-18-20-27(21-19-26)38-28-22-23-36-32(24-28)31-14-6-9-17-35(31)37(36)33-15-7-4-12-29(33)30-13-5-8-16-34(30)37/h1-24,38H. The molecule has 0 bridgehead atoms. The van der Waals surface area contributed by atoms with Gasteiger partial charge in [0.25, 0.3) is 0 Å². The fraction of sp³-hybridized carbons (Fsp3) is 0.0270. The van der Waals surface area contributed by atoms with Crippen molar-refractivity contribution in [3.63, 3.8) is 0 Å². The van der Waals surface area contributed by atoms with Crippen LogP contribution >= 0.6 is 0 Å². The summed E-state index contributed by atoms with van der Waals surface area (Å²) in [5.74, 6) is 0. The highest BCUT2D eigenvalue weighted by molar-refractivity contribution is 5.95. The molecule has 1 heteroatoms. The van der Waals surface area contributed by atoms with Crippen LogP contribution in [0.15, 0.2) is 146 Å². The number of fused-ring (bicyclic) bond motifs is 10. The summed E-state index contributed by atoms with van der Waals surface area (Å²) in [5.41, 5.74) is 15.1. The third-order valence-corrected chi connectivity index (χ3v) is 8.28. The molecule has 1 N–H and O–H groups in total. The molecule has 0 heterocycles. The molecular weight excluding hydrogens is 458 g/mol. The van der Waals surface area contributed by atoms with Gasteiger partial charge in [0.15, 0.2) is 0 Å². The summed E-state index contributed by atoms with van der Waals surface area (Å²) in [5, 5.41) is 3.66. The number of hydrogen-bond acceptors (Lipinski definition) is 1. The zero-order chi connectivity index (χ0) is 25.1. The van der Waals surface area contributed by atoms with Crippen LogP contribution in [0.1, 0.15) is 22.3 Å². The molecule has 6 aromatic carbocycles. The molecule has 38 heavy (non-hydrogen) atoms. The third-order valence-electron chi connectivity index (χ3n) is 8.28. The Balaban J connectivity index is 1.26. The van der Waals surface area contributed by atoms with E-state index in [0.717, 1.165) is 11.4 Å². The molecule has 0 aliphatic heterocycles. The Bertz CT molecular complexity index is 1780. The van der Waals surface area contributed by atoms with Gasteiger partial charge in [-0.25, -0.2) is 0 Å². The number of nitrogens with one attached hydrogen (secondary N) is 1. The molecule has 0 amide bonds. The van der Waals surface area contributed by atoms with Crippen LogP contribution < -0.4 is 5.32 Å². The maximum Gasteiger partial charge on any atom is 0.0725 e. The van der Waals surface area contributed by atoms with Gasteiger partial charge in [-0.1, -0.05) is 121 Å². The molecule has 0 unspecified atom stereocenters. The van der Waals surface area contributed by atoms with E-state index in [1.54, 1.807) is 0 Å². The summed E-state index contributed by atoms with van der Waals surface area (Å²) in [7, 11) is 0. The lowest BCUT2D eigenvalue weighted by atomic mass is 9.70. The molecule has 1 spiro atoms. The molecule has 1 nitrogen and oxygen atoms in total. The van der Waals surface area contributed by atoms with Crippen LogP contribution in [0, 0.1) is 0 Å². The van der Waals surface area contributed by atoms with E-state index < -0.39 is 0 Å². The first-order chi connectivity index (χ1) is 18.8. The van der Waals surface area contributed by atoms with Crippen molar-refractivity contribution in [1.82, 2.24) is 0 Å². The quantitative estimate of drug-likeness (QED) is 0.264. The van der Waals surface area contributed by atoms with Gasteiger partial charge >= 0.3 is 0 Å². The molecule has 0 fully saturated rings. The Morgan fingerprint density at radius 1 is 0.342 bits per heavy atom. The van der Waals surface area contributed by atoms with Crippen molar-refractivity contribution in [2.75, 3.05) is 5.32 Å². The van der Waals surface area contributed by atoms with E-state index in [9.17, 15) is 0 Å². The molecule has 2 aliphatic rings. The second kappa shape index (κ2) is 8.06. The van der Waals surface area contributed by atoms with Crippen LogP contribution in [0.4, 0.5) is 11.4 Å². The predicted molar refractivity (Wildman–Crippen MR) is 158 cm³/mol. The molecule has 0 saturated carbocycles. The highest BCUT2D eigenvalue weighted by Gasteiger charge is 2.51. The summed E-state index contributed by atoms with van der Waals surface area (Å²) >= 11 is 0. The lowest BCUT2D eigenvalue weighted by Crippen LogP contribution is -2.25. The van der Waals surface area contributed by atoms with Gasteiger partial charge in [-0.05, 0) is 79.9 Å². The molecule has 6 aromatic rings. The molecule has 2 aliphatic carbocycles. The smallest absolute Gasteiger partial charge is 0.0725 e. The van der Waals surface area contributed by atoms with E-state index in [4.69, 9.17) is 0 Å². The summed E-state index contributed by atoms with van der Waals surface area (Å²) in [6, 6.07) is 52.9. The van der Waals surface area contributed by atoms with Crippen molar-refractivity contribution in [2.24, 2.45) is 0 Å². The first-order valence-corrected chi connectivity index (χ1v) is 13.2. The number of rotatable bonds is 3. The molecule has 178 valence electrons. The van der Waals surface area contributed by atoms with Gasteiger partial charge in [0, 0.05) is 11.4 Å². The van der Waals surface area contributed by atoms with Crippen LogP contribution in [0.5, 0.6) is 0 Å². The van der Waals surface area contributed by atoms with Crippen LogP contribution in [-0.4, -0.2) is 0 Å². The Kier molecular flexibility index (Phi) is 4.50. The summed E-state index contributed by atoms with van der Waals surface area (Å²) < 4.78 is 0. The van der Waals surface area contributed by atoms with Gasteiger partial charge < -0.3 is 5.32 Å². The normalized spacial score (nSPS) is 13.5. The van der Waals surface area contributed by atoms with E-state index in [1.165, 1.54) is 55.6 Å². The lowest BCUT2D eigenvalue weighted by Gasteiger charge is -2.30. The summed E-state index contributed by atoms with van der Waals surface area (Å²) in [6.45, 7) is 0. The number of anilines is 2. The van der Waals surface area contributed by atoms with Crippen molar-refractivity contribution in [2.45, 2.75) is 5.41 Å². The van der Waals surface area contributed by atoms with E-state index >= 15 is 0 Å². The Morgan fingerprint density at radius 2 is 0.789 bits per heavy atom. The first-order valence-electron chi connectivity index (χ1n) is 13.2. The maximum atomic E-state index is 3.66. The maximum absolute atomic E-state index is 3.66. The van der Waals surface area contributed by atoms with E-state index in [1.807, 2.05) is 0 Å². The fourth-order valence-electron chi connectivity index (χ4n) is 6.72. The zero-order valence-electron chi connectivity index (χ0n) is 20.9. The average Bonchev–Trinajstić information content (AvgIpc) is 3.45. The molecule has 8 rings (SSSR count). The molecule has 0 saturated heterocycles. The largest absolute Gasteiger partial charge is 0.356 e. The predicted octanol–water partition coefficient (Wildman–Crippen LogP) is 9.44. The van der Waals surface area contributed by atoms with Crippen molar-refractivity contribution < 1.29 is 0 Å². The molecule has 0 aromatic heterocycles. The van der Waals surface area contributed by atoms with Crippen LogP contribution in [0.25, 0.3) is 33.4 Å². The Morgan fingerprint density at radius 3 is 1.39 bits per heavy atom. The van der Waals surface area contributed by atoms with Gasteiger partial charge in [0.1, 0.15) is 0 Å². The minimum absolute atomic E-state index is 0.283. The van der Waals surface area contributed by atoms with Crippen molar-refractivity contribution in [3.05, 3.63) is 168 Å². The number of hydrogen-bond donors (Lipinski definition) is 1. The number of benzene rings is 6. The van der Waals surface area contributed by atoms with Crippen molar-refractivity contribution in [1.29, 1.82) is 0 Å².